The number of hydrogen-bond acceptors (Lipinski definition) is 3. The SMILES string of the molecule is c1ccc(-c2nc(-c3ccccc3)nc(-n3c4cccc5c4c4c(cc6ccccc6c43)-c3cccc4cccc-5c34)n2)cc1. The zero-order chi connectivity index (χ0) is 29.5. The number of rotatable bonds is 3. The van der Waals surface area contributed by atoms with Crippen LogP contribution in [0, 0.1) is 0 Å². The number of fused-ring (bicyclic) bond motifs is 4. The molecule has 4 heteroatoms. The summed E-state index contributed by atoms with van der Waals surface area (Å²) in [6, 6.07) is 51.4. The molecule has 4 nitrogen and oxygen atoms in total. The summed E-state index contributed by atoms with van der Waals surface area (Å²) in [7, 11) is 0. The molecule has 45 heavy (non-hydrogen) atoms. The molecule has 9 aromatic rings. The first-order valence-electron chi connectivity index (χ1n) is 15.2. The standard InChI is InChI=1S/C41H24N4/c1-3-12-26(13-4-1)39-42-40(27-14-5-2-6-15-27)44-41(43-39)45-34-23-11-22-31-30-20-9-17-25-18-10-21-32(35(25)30)33-24-28-16-7-8-19-29(28)38(45)37(33)36(31)34/h1-24H. The zero-order valence-corrected chi connectivity index (χ0v) is 24.1. The monoisotopic (exact) mass is 572 g/mol. The summed E-state index contributed by atoms with van der Waals surface area (Å²) in [6.45, 7) is 0. The predicted molar refractivity (Wildman–Crippen MR) is 184 cm³/mol. The third-order valence-electron chi connectivity index (χ3n) is 9.15. The Morgan fingerprint density at radius 2 is 0.956 bits per heavy atom. The van der Waals surface area contributed by atoms with E-state index in [-0.39, 0.29) is 0 Å². The molecule has 0 atom stereocenters. The van der Waals surface area contributed by atoms with Gasteiger partial charge in [0, 0.05) is 27.3 Å². The minimum atomic E-state index is 0.606. The van der Waals surface area contributed by atoms with E-state index in [2.05, 4.69) is 114 Å². The summed E-state index contributed by atoms with van der Waals surface area (Å²) in [5.74, 6) is 1.90. The number of benzene rings is 7. The second kappa shape index (κ2) is 9.18. The first-order chi connectivity index (χ1) is 22.3. The maximum atomic E-state index is 5.21. The van der Waals surface area contributed by atoms with Crippen LogP contribution >= 0.6 is 0 Å². The fourth-order valence-corrected chi connectivity index (χ4v) is 7.26. The Morgan fingerprint density at radius 1 is 0.400 bits per heavy atom. The van der Waals surface area contributed by atoms with E-state index in [1.165, 1.54) is 54.6 Å². The van der Waals surface area contributed by atoms with Crippen LogP contribution in [0.2, 0.25) is 0 Å². The van der Waals surface area contributed by atoms with Crippen LogP contribution in [0.4, 0.5) is 0 Å². The smallest absolute Gasteiger partial charge is 0.238 e. The Morgan fingerprint density at radius 3 is 1.64 bits per heavy atom. The van der Waals surface area contributed by atoms with Crippen molar-refractivity contribution in [3.05, 3.63) is 146 Å². The van der Waals surface area contributed by atoms with Crippen LogP contribution in [0.15, 0.2) is 146 Å². The van der Waals surface area contributed by atoms with Crippen molar-refractivity contribution in [3.63, 3.8) is 0 Å². The Labute approximate surface area is 258 Å². The molecule has 0 spiro atoms. The van der Waals surface area contributed by atoms with E-state index in [9.17, 15) is 0 Å². The van der Waals surface area contributed by atoms with E-state index in [1.54, 1.807) is 0 Å². The molecule has 2 aromatic heterocycles. The lowest BCUT2D eigenvalue weighted by atomic mass is 9.92. The highest BCUT2D eigenvalue weighted by molar-refractivity contribution is 6.31. The van der Waals surface area contributed by atoms with Crippen LogP contribution in [-0.2, 0) is 0 Å². The largest absolute Gasteiger partial charge is 0.277 e. The van der Waals surface area contributed by atoms with Gasteiger partial charge in [-0.2, -0.15) is 9.97 Å². The lowest BCUT2D eigenvalue weighted by Crippen LogP contribution is -2.06. The normalized spacial score (nSPS) is 12.0. The summed E-state index contributed by atoms with van der Waals surface area (Å²) in [4.78, 5) is 15.4. The fourth-order valence-electron chi connectivity index (χ4n) is 7.26. The molecule has 1 aliphatic carbocycles. The molecule has 0 amide bonds. The van der Waals surface area contributed by atoms with Crippen LogP contribution in [0.5, 0.6) is 0 Å². The highest BCUT2D eigenvalue weighted by atomic mass is 15.2. The van der Waals surface area contributed by atoms with E-state index in [0.29, 0.717) is 17.6 Å². The molecule has 0 radical (unpaired) electrons. The van der Waals surface area contributed by atoms with Crippen LogP contribution in [0.1, 0.15) is 0 Å². The van der Waals surface area contributed by atoms with Gasteiger partial charge in [0.05, 0.1) is 11.0 Å². The molecule has 0 aliphatic heterocycles. The molecule has 0 fully saturated rings. The van der Waals surface area contributed by atoms with Crippen molar-refractivity contribution in [1.82, 2.24) is 19.5 Å². The van der Waals surface area contributed by atoms with Crippen LogP contribution < -0.4 is 0 Å². The molecule has 208 valence electrons. The van der Waals surface area contributed by atoms with Gasteiger partial charge < -0.3 is 0 Å². The highest BCUT2D eigenvalue weighted by Crippen LogP contribution is 2.51. The van der Waals surface area contributed by atoms with E-state index in [4.69, 9.17) is 15.0 Å². The van der Waals surface area contributed by atoms with Crippen LogP contribution in [-0.4, -0.2) is 19.5 Å². The Bertz CT molecular complexity index is 2570. The van der Waals surface area contributed by atoms with Gasteiger partial charge in [0.1, 0.15) is 0 Å². The number of nitrogens with zero attached hydrogens (tertiary/aromatic N) is 4. The van der Waals surface area contributed by atoms with Gasteiger partial charge in [0.2, 0.25) is 5.95 Å². The van der Waals surface area contributed by atoms with Crippen molar-refractivity contribution in [2.45, 2.75) is 0 Å². The van der Waals surface area contributed by atoms with Gasteiger partial charge in [-0.1, -0.05) is 133 Å². The van der Waals surface area contributed by atoms with E-state index >= 15 is 0 Å². The molecule has 0 N–H and O–H groups in total. The van der Waals surface area contributed by atoms with Gasteiger partial charge in [-0.3, -0.25) is 4.57 Å². The summed E-state index contributed by atoms with van der Waals surface area (Å²) in [5, 5.41) is 7.34. The van der Waals surface area contributed by atoms with Crippen molar-refractivity contribution in [3.8, 4) is 51.0 Å². The Balaban J connectivity index is 1.42. The average molecular weight is 573 g/mol. The number of aromatic nitrogens is 4. The van der Waals surface area contributed by atoms with Gasteiger partial charge in [0.15, 0.2) is 11.6 Å². The molecule has 7 aromatic carbocycles. The van der Waals surface area contributed by atoms with Gasteiger partial charge in [-0.25, -0.2) is 4.98 Å². The van der Waals surface area contributed by atoms with Gasteiger partial charge in [-0.15, -0.1) is 0 Å². The third kappa shape index (κ3) is 3.45. The molecule has 1 aliphatic rings. The maximum absolute atomic E-state index is 5.21. The zero-order valence-electron chi connectivity index (χ0n) is 24.1. The van der Waals surface area contributed by atoms with E-state index in [1.807, 2.05) is 36.4 Å². The second-order valence-electron chi connectivity index (χ2n) is 11.6. The quantitative estimate of drug-likeness (QED) is 0.212. The summed E-state index contributed by atoms with van der Waals surface area (Å²) < 4.78 is 2.27. The van der Waals surface area contributed by atoms with Gasteiger partial charge in [-0.05, 0) is 50.5 Å². The summed E-state index contributed by atoms with van der Waals surface area (Å²) >= 11 is 0. The van der Waals surface area contributed by atoms with E-state index in [0.717, 1.165) is 22.2 Å². The average Bonchev–Trinajstić information content (AvgIpc) is 3.41. The van der Waals surface area contributed by atoms with Crippen molar-refractivity contribution >= 4 is 43.4 Å². The number of hydrogen-bond donors (Lipinski definition) is 0. The topological polar surface area (TPSA) is 43.6 Å². The predicted octanol–water partition coefficient (Wildman–Crippen LogP) is 10.3. The van der Waals surface area contributed by atoms with E-state index < -0.39 is 0 Å². The molecule has 0 saturated heterocycles. The minimum Gasteiger partial charge on any atom is -0.277 e. The summed E-state index contributed by atoms with van der Waals surface area (Å²) in [5.41, 5.74) is 9.05. The Hall–Kier alpha value is -6.13. The molecule has 10 rings (SSSR count). The van der Waals surface area contributed by atoms with Crippen molar-refractivity contribution in [2.24, 2.45) is 0 Å². The summed E-state index contributed by atoms with van der Waals surface area (Å²) in [6.07, 6.45) is 0. The molecule has 0 unspecified atom stereocenters. The minimum absolute atomic E-state index is 0.606. The fraction of sp³-hybridized carbons (Fsp3) is 0. The first kappa shape index (κ1) is 24.3. The first-order valence-corrected chi connectivity index (χ1v) is 15.2. The lowest BCUT2D eigenvalue weighted by molar-refractivity contribution is 0.955. The molecule has 2 heterocycles. The molecule has 0 bridgehead atoms. The molecular formula is C41H24N4. The Kier molecular flexibility index (Phi) is 4.96. The third-order valence-corrected chi connectivity index (χ3v) is 9.15. The second-order valence-corrected chi connectivity index (χ2v) is 11.6. The van der Waals surface area contributed by atoms with Crippen molar-refractivity contribution in [2.75, 3.05) is 0 Å². The molecule has 0 saturated carbocycles. The van der Waals surface area contributed by atoms with Crippen LogP contribution in [0.25, 0.3) is 94.3 Å². The lowest BCUT2D eigenvalue weighted by Gasteiger charge is -2.15. The maximum Gasteiger partial charge on any atom is 0.238 e. The highest BCUT2D eigenvalue weighted by Gasteiger charge is 2.27. The van der Waals surface area contributed by atoms with Gasteiger partial charge >= 0.3 is 0 Å². The van der Waals surface area contributed by atoms with Gasteiger partial charge in [0.25, 0.3) is 0 Å². The van der Waals surface area contributed by atoms with Crippen molar-refractivity contribution < 1.29 is 0 Å². The van der Waals surface area contributed by atoms with Crippen LogP contribution in [0.3, 0.4) is 0 Å². The molecular weight excluding hydrogens is 548 g/mol. The van der Waals surface area contributed by atoms with Crippen molar-refractivity contribution in [1.29, 1.82) is 0 Å².